The molecule has 4 rings (SSSR count). The van der Waals surface area contributed by atoms with Gasteiger partial charge in [0.25, 0.3) is 5.91 Å². The molecule has 1 aromatic carbocycles. The number of nitrogens with zero attached hydrogens (tertiary/aromatic N) is 2. The number of carbonyl (C=O) groups excluding carboxylic acids is 1. The molecule has 1 aliphatic rings. The normalized spacial score (nSPS) is 14.8. The zero-order chi connectivity index (χ0) is 19.3. The van der Waals surface area contributed by atoms with Crippen LogP contribution in [0.3, 0.4) is 0 Å². The van der Waals surface area contributed by atoms with Gasteiger partial charge in [0.2, 0.25) is 11.7 Å². The molecule has 1 aliphatic carbocycles. The molecule has 28 heavy (non-hydrogen) atoms. The van der Waals surface area contributed by atoms with E-state index in [9.17, 15) is 4.79 Å². The second kappa shape index (κ2) is 8.56. The van der Waals surface area contributed by atoms with Gasteiger partial charge < -0.3 is 15.2 Å². The average Bonchev–Trinajstić information content (AvgIpc) is 3.39. The Bertz CT molecular complexity index is 930. The number of anilines is 1. The summed E-state index contributed by atoms with van der Waals surface area (Å²) in [6, 6.07) is 7.99. The Hall–Kier alpha value is -2.67. The monoisotopic (exact) mass is 396 g/mol. The smallest absolute Gasteiger partial charge is 0.251 e. The first-order chi connectivity index (χ1) is 13.7. The third-order valence-electron chi connectivity index (χ3n) is 5.11. The standard InChI is InChI=1S/C21H24N4O2S/c1-14-11-15(21(26)23-17-5-3-2-4-6-17)7-8-18(14)22-12-19-24-20(25-27-19)16-9-10-28-13-16/h7-11,13,17,22H,2-6,12H2,1H3,(H,23,26). The van der Waals surface area contributed by atoms with Crippen LogP contribution < -0.4 is 10.6 Å². The number of benzene rings is 1. The highest BCUT2D eigenvalue weighted by atomic mass is 32.1. The largest absolute Gasteiger partial charge is 0.376 e. The summed E-state index contributed by atoms with van der Waals surface area (Å²) in [5.41, 5.74) is 3.62. The number of thiophene rings is 1. The number of rotatable bonds is 6. The summed E-state index contributed by atoms with van der Waals surface area (Å²) in [6.07, 6.45) is 5.86. The minimum Gasteiger partial charge on any atom is -0.376 e. The number of aryl methyl sites for hydroxylation is 1. The predicted octanol–water partition coefficient (Wildman–Crippen LogP) is 4.78. The number of amides is 1. The molecule has 0 spiro atoms. The number of aromatic nitrogens is 2. The summed E-state index contributed by atoms with van der Waals surface area (Å²) < 4.78 is 5.31. The minimum absolute atomic E-state index is 0.0128. The van der Waals surface area contributed by atoms with E-state index in [1.165, 1.54) is 19.3 Å². The van der Waals surface area contributed by atoms with Crippen LogP contribution >= 0.6 is 11.3 Å². The third-order valence-corrected chi connectivity index (χ3v) is 5.79. The summed E-state index contributed by atoms with van der Waals surface area (Å²) in [7, 11) is 0. The zero-order valence-electron chi connectivity index (χ0n) is 15.9. The van der Waals surface area contributed by atoms with Crippen LogP contribution in [-0.4, -0.2) is 22.1 Å². The molecule has 146 valence electrons. The van der Waals surface area contributed by atoms with E-state index in [1.807, 2.05) is 41.9 Å². The van der Waals surface area contributed by atoms with Crippen LogP contribution in [0.15, 0.2) is 39.5 Å². The van der Waals surface area contributed by atoms with E-state index < -0.39 is 0 Å². The van der Waals surface area contributed by atoms with Crippen LogP contribution in [-0.2, 0) is 6.54 Å². The number of hydrogen-bond acceptors (Lipinski definition) is 6. The first-order valence-electron chi connectivity index (χ1n) is 9.69. The fraction of sp³-hybridized carbons (Fsp3) is 0.381. The molecule has 1 amide bonds. The molecule has 0 radical (unpaired) electrons. The van der Waals surface area contributed by atoms with Gasteiger partial charge in [0.15, 0.2) is 0 Å². The Morgan fingerprint density at radius 3 is 2.86 bits per heavy atom. The maximum Gasteiger partial charge on any atom is 0.251 e. The van der Waals surface area contributed by atoms with Crippen molar-refractivity contribution in [2.24, 2.45) is 0 Å². The van der Waals surface area contributed by atoms with Crippen molar-refractivity contribution in [2.75, 3.05) is 5.32 Å². The third kappa shape index (κ3) is 4.42. The Balaban J connectivity index is 1.36. The lowest BCUT2D eigenvalue weighted by atomic mass is 9.95. The second-order valence-corrected chi connectivity index (χ2v) is 8.00. The van der Waals surface area contributed by atoms with Gasteiger partial charge in [0.1, 0.15) is 0 Å². The van der Waals surface area contributed by atoms with E-state index in [0.29, 0.717) is 29.9 Å². The van der Waals surface area contributed by atoms with Gasteiger partial charge in [-0.3, -0.25) is 4.79 Å². The van der Waals surface area contributed by atoms with Crippen LogP contribution in [0.5, 0.6) is 0 Å². The molecule has 2 heterocycles. The maximum absolute atomic E-state index is 12.5. The van der Waals surface area contributed by atoms with Gasteiger partial charge in [-0.1, -0.05) is 24.4 Å². The Kier molecular flexibility index (Phi) is 5.71. The summed E-state index contributed by atoms with van der Waals surface area (Å²) in [6.45, 7) is 2.43. The Morgan fingerprint density at radius 1 is 1.25 bits per heavy atom. The molecule has 6 nitrogen and oxygen atoms in total. The van der Waals surface area contributed by atoms with Gasteiger partial charge in [0, 0.05) is 28.2 Å². The fourth-order valence-corrected chi connectivity index (χ4v) is 4.16. The molecular weight excluding hydrogens is 372 g/mol. The van der Waals surface area contributed by atoms with Gasteiger partial charge in [-0.15, -0.1) is 0 Å². The molecule has 2 N–H and O–H groups in total. The van der Waals surface area contributed by atoms with Crippen LogP contribution in [0.1, 0.15) is 53.9 Å². The molecule has 0 atom stereocenters. The van der Waals surface area contributed by atoms with Crippen molar-refractivity contribution in [3.05, 3.63) is 52.0 Å². The molecule has 1 fully saturated rings. The van der Waals surface area contributed by atoms with Crippen LogP contribution in [0.25, 0.3) is 11.4 Å². The zero-order valence-corrected chi connectivity index (χ0v) is 16.7. The predicted molar refractivity (Wildman–Crippen MR) is 110 cm³/mol. The molecule has 0 unspecified atom stereocenters. The molecule has 1 saturated carbocycles. The number of carbonyl (C=O) groups is 1. The van der Waals surface area contributed by atoms with E-state index in [-0.39, 0.29) is 5.91 Å². The van der Waals surface area contributed by atoms with Crippen molar-refractivity contribution in [3.63, 3.8) is 0 Å². The highest BCUT2D eigenvalue weighted by molar-refractivity contribution is 7.08. The first kappa shape index (κ1) is 18.7. The summed E-state index contributed by atoms with van der Waals surface area (Å²) in [5.74, 6) is 1.14. The Labute approximate surface area is 168 Å². The maximum atomic E-state index is 12.5. The molecule has 2 aromatic heterocycles. The fourth-order valence-electron chi connectivity index (χ4n) is 3.53. The Morgan fingerprint density at radius 2 is 2.11 bits per heavy atom. The van der Waals surface area contributed by atoms with E-state index in [0.717, 1.165) is 29.7 Å². The van der Waals surface area contributed by atoms with Crippen LogP contribution in [0.2, 0.25) is 0 Å². The van der Waals surface area contributed by atoms with Crippen molar-refractivity contribution < 1.29 is 9.32 Å². The highest BCUT2D eigenvalue weighted by Crippen LogP contribution is 2.21. The first-order valence-corrected chi connectivity index (χ1v) is 10.6. The quantitative estimate of drug-likeness (QED) is 0.627. The highest BCUT2D eigenvalue weighted by Gasteiger charge is 2.17. The van der Waals surface area contributed by atoms with Crippen LogP contribution in [0, 0.1) is 6.92 Å². The minimum atomic E-state index is 0.0128. The van der Waals surface area contributed by atoms with Crippen molar-refractivity contribution in [1.29, 1.82) is 0 Å². The lowest BCUT2D eigenvalue weighted by Gasteiger charge is -2.23. The topological polar surface area (TPSA) is 80.0 Å². The van der Waals surface area contributed by atoms with E-state index in [4.69, 9.17) is 4.52 Å². The van der Waals surface area contributed by atoms with Crippen molar-refractivity contribution in [1.82, 2.24) is 15.5 Å². The lowest BCUT2D eigenvalue weighted by Crippen LogP contribution is -2.36. The summed E-state index contributed by atoms with van der Waals surface area (Å²) in [4.78, 5) is 16.9. The van der Waals surface area contributed by atoms with Gasteiger partial charge >= 0.3 is 0 Å². The van der Waals surface area contributed by atoms with Crippen molar-refractivity contribution in [2.45, 2.75) is 51.6 Å². The van der Waals surface area contributed by atoms with Gasteiger partial charge in [-0.05, 0) is 55.0 Å². The molecule has 3 aromatic rings. The van der Waals surface area contributed by atoms with Crippen molar-refractivity contribution >= 4 is 22.9 Å². The number of hydrogen-bond donors (Lipinski definition) is 2. The SMILES string of the molecule is Cc1cc(C(=O)NC2CCCCC2)ccc1NCc1nc(-c2ccsc2)no1. The van der Waals surface area contributed by atoms with E-state index in [1.54, 1.807) is 11.3 Å². The van der Waals surface area contributed by atoms with Gasteiger partial charge in [0.05, 0.1) is 6.54 Å². The lowest BCUT2D eigenvalue weighted by molar-refractivity contribution is 0.0927. The summed E-state index contributed by atoms with van der Waals surface area (Å²) in [5, 5.41) is 14.5. The molecule has 0 bridgehead atoms. The van der Waals surface area contributed by atoms with E-state index >= 15 is 0 Å². The van der Waals surface area contributed by atoms with Crippen LogP contribution in [0.4, 0.5) is 5.69 Å². The van der Waals surface area contributed by atoms with E-state index in [2.05, 4.69) is 20.8 Å². The molecule has 7 heteroatoms. The number of nitrogens with one attached hydrogen (secondary N) is 2. The average molecular weight is 397 g/mol. The van der Waals surface area contributed by atoms with Crippen molar-refractivity contribution in [3.8, 4) is 11.4 Å². The molecule has 0 saturated heterocycles. The van der Waals surface area contributed by atoms with Gasteiger partial charge in [-0.25, -0.2) is 0 Å². The molecule has 0 aliphatic heterocycles. The van der Waals surface area contributed by atoms with Gasteiger partial charge in [-0.2, -0.15) is 16.3 Å². The summed E-state index contributed by atoms with van der Waals surface area (Å²) >= 11 is 1.60. The second-order valence-electron chi connectivity index (χ2n) is 7.22. The molecular formula is C21H24N4O2S.